The van der Waals surface area contributed by atoms with Gasteiger partial charge < -0.3 is 8.98 Å². The summed E-state index contributed by atoms with van der Waals surface area (Å²) in [5.41, 5.74) is 3.29. The minimum Gasteiger partial charge on any atom is -0.464 e. The van der Waals surface area contributed by atoms with Crippen molar-refractivity contribution in [1.82, 2.24) is 9.47 Å². The second kappa shape index (κ2) is 6.29. The number of furan rings is 1. The van der Waals surface area contributed by atoms with E-state index in [0.717, 1.165) is 26.2 Å². The number of hydrogen-bond donors (Lipinski definition) is 0. The van der Waals surface area contributed by atoms with Gasteiger partial charge in [0.2, 0.25) is 0 Å². The second-order valence-corrected chi connectivity index (χ2v) is 7.54. The van der Waals surface area contributed by atoms with Crippen LogP contribution in [0.2, 0.25) is 0 Å². The van der Waals surface area contributed by atoms with Gasteiger partial charge in [0.25, 0.3) is 5.56 Å². The van der Waals surface area contributed by atoms with Crippen LogP contribution >= 0.6 is 0 Å². The molecule has 0 radical (unpaired) electrons. The lowest BCUT2D eigenvalue weighted by molar-refractivity contribution is 0.114. The van der Waals surface area contributed by atoms with Gasteiger partial charge in [-0.05, 0) is 42.2 Å². The van der Waals surface area contributed by atoms with Crippen LogP contribution in [-0.2, 0) is 13.1 Å². The molecule has 0 unspecified atom stereocenters. The van der Waals surface area contributed by atoms with E-state index in [1.807, 2.05) is 22.8 Å². The molecule has 3 aromatic rings. The molecule has 4 heteroatoms. The smallest absolute Gasteiger partial charge is 0.261 e. The molecule has 4 heterocycles. The molecule has 0 spiro atoms. The summed E-state index contributed by atoms with van der Waals surface area (Å²) >= 11 is 0. The second-order valence-electron chi connectivity index (χ2n) is 7.54. The minimum atomic E-state index is 0.0867. The Bertz CT molecular complexity index is 960. The third-order valence-corrected chi connectivity index (χ3v) is 5.72. The molecule has 1 saturated heterocycles. The SMILES string of the molecule is O=c1c(-c2ccco2)ccc2n1C[C@@H]1C[C@@H]2CN(Cc2ccccc2)C1. The Balaban J connectivity index is 1.44. The average molecular weight is 346 g/mol. The highest BCUT2D eigenvalue weighted by atomic mass is 16.3. The molecule has 1 aromatic carbocycles. The van der Waals surface area contributed by atoms with Crippen molar-refractivity contribution >= 4 is 0 Å². The quantitative estimate of drug-likeness (QED) is 0.725. The van der Waals surface area contributed by atoms with Gasteiger partial charge in [-0.25, -0.2) is 0 Å². The zero-order valence-corrected chi connectivity index (χ0v) is 14.7. The van der Waals surface area contributed by atoms with Crippen molar-refractivity contribution in [1.29, 1.82) is 0 Å². The van der Waals surface area contributed by atoms with Crippen molar-refractivity contribution in [3.05, 3.63) is 82.5 Å². The maximum atomic E-state index is 13.0. The summed E-state index contributed by atoms with van der Waals surface area (Å²) in [5, 5.41) is 0. The fraction of sp³-hybridized carbons (Fsp3) is 0.318. The zero-order chi connectivity index (χ0) is 17.5. The fourth-order valence-electron chi connectivity index (χ4n) is 4.64. The van der Waals surface area contributed by atoms with E-state index >= 15 is 0 Å². The Morgan fingerprint density at radius 3 is 2.65 bits per heavy atom. The number of nitrogens with zero attached hydrogens (tertiary/aromatic N) is 2. The van der Waals surface area contributed by atoms with Crippen LogP contribution in [-0.4, -0.2) is 22.6 Å². The van der Waals surface area contributed by atoms with Crippen molar-refractivity contribution in [3.8, 4) is 11.3 Å². The third kappa shape index (κ3) is 2.71. The lowest BCUT2D eigenvalue weighted by Gasteiger charge is -2.43. The van der Waals surface area contributed by atoms with Gasteiger partial charge in [0, 0.05) is 37.8 Å². The number of fused-ring (bicyclic) bond motifs is 4. The van der Waals surface area contributed by atoms with Crippen LogP contribution in [0, 0.1) is 5.92 Å². The van der Waals surface area contributed by atoms with Crippen LogP contribution in [0.4, 0.5) is 0 Å². The number of benzene rings is 1. The van der Waals surface area contributed by atoms with Gasteiger partial charge in [0.15, 0.2) is 0 Å². The molecule has 4 nitrogen and oxygen atoms in total. The predicted molar refractivity (Wildman–Crippen MR) is 101 cm³/mol. The number of piperidine rings is 1. The fourth-order valence-corrected chi connectivity index (χ4v) is 4.64. The molecule has 132 valence electrons. The van der Waals surface area contributed by atoms with Crippen molar-refractivity contribution in [2.45, 2.75) is 25.4 Å². The van der Waals surface area contributed by atoms with Crippen molar-refractivity contribution in [3.63, 3.8) is 0 Å². The van der Waals surface area contributed by atoms with Gasteiger partial charge in [-0.2, -0.15) is 0 Å². The van der Waals surface area contributed by atoms with Crippen LogP contribution < -0.4 is 5.56 Å². The van der Waals surface area contributed by atoms with Crippen LogP contribution in [0.1, 0.15) is 23.6 Å². The molecule has 2 aliphatic heterocycles. The maximum Gasteiger partial charge on any atom is 0.261 e. The summed E-state index contributed by atoms with van der Waals surface area (Å²) in [4.78, 5) is 15.5. The monoisotopic (exact) mass is 346 g/mol. The molecule has 2 bridgehead atoms. The standard InChI is InChI=1S/C22H22N2O2/c25-22-19(21-7-4-10-26-21)8-9-20-18-11-17(14-24(20)22)13-23(15-18)12-16-5-2-1-3-6-16/h1-10,17-18H,11-15H2/t17-,18-/m1/s1. The normalized spacial score (nSPS) is 22.2. The molecule has 2 aromatic heterocycles. The van der Waals surface area contributed by atoms with Crippen molar-refractivity contribution < 1.29 is 4.42 Å². The molecule has 0 saturated carbocycles. The van der Waals surface area contributed by atoms with E-state index in [4.69, 9.17) is 4.42 Å². The Morgan fingerprint density at radius 2 is 1.85 bits per heavy atom. The van der Waals surface area contributed by atoms with Gasteiger partial charge in [-0.1, -0.05) is 30.3 Å². The molecular weight excluding hydrogens is 324 g/mol. The van der Waals surface area contributed by atoms with E-state index in [9.17, 15) is 4.79 Å². The summed E-state index contributed by atoms with van der Waals surface area (Å²) in [6, 6.07) is 18.4. The van der Waals surface area contributed by atoms with Gasteiger partial charge in [0.1, 0.15) is 5.76 Å². The Morgan fingerprint density at radius 1 is 0.962 bits per heavy atom. The van der Waals surface area contributed by atoms with Crippen molar-refractivity contribution in [2.24, 2.45) is 5.92 Å². The lowest BCUT2D eigenvalue weighted by Crippen LogP contribution is -2.46. The summed E-state index contributed by atoms with van der Waals surface area (Å²) in [7, 11) is 0. The van der Waals surface area contributed by atoms with Crippen LogP contribution in [0.3, 0.4) is 0 Å². The lowest BCUT2D eigenvalue weighted by atomic mass is 9.82. The van der Waals surface area contributed by atoms with Gasteiger partial charge in [0.05, 0.1) is 11.8 Å². The molecule has 0 amide bonds. The molecule has 26 heavy (non-hydrogen) atoms. The van der Waals surface area contributed by atoms with Crippen molar-refractivity contribution in [2.75, 3.05) is 13.1 Å². The molecule has 5 rings (SSSR count). The summed E-state index contributed by atoms with van der Waals surface area (Å²) < 4.78 is 7.44. The van der Waals surface area contributed by atoms with E-state index in [1.165, 1.54) is 17.7 Å². The van der Waals surface area contributed by atoms with E-state index in [2.05, 4.69) is 41.3 Å². The van der Waals surface area contributed by atoms with Gasteiger partial charge in [-0.15, -0.1) is 0 Å². The number of aromatic nitrogens is 1. The highest BCUT2D eigenvalue weighted by molar-refractivity contribution is 5.56. The molecule has 2 aliphatic rings. The summed E-state index contributed by atoms with van der Waals surface area (Å²) in [6.07, 6.45) is 2.81. The average Bonchev–Trinajstić information content (AvgIpc) is 3.18. The number of rotatable bonds is 3. The summed E-state index contributed by atoms with van der Waals surface area (Å²) in [5.74, 6) is 1.63. The predicted octanol–water partition coefficient (Wildman–Crippen LogP) is 3.73. The highest BCUT2D eigenvalue weighted by Crippen LogP contribution is 2.36. The highest BCUT2D eigenvalue weighted by Gasteiger charge is 2.35. The van der Waals surface area contributed by atoms with E-state index in [0.29, 0.717) is 23.2 Å². The maximum absolute atomic E-state index is 13.0. The Kier molecular flexibility index (Phi) is 3.79. The third-order valence-electron chi connectivity index (χ3n) is 5.72. The Hall–Kier alpha value is -2.59. The Labute approximate surface area is 152 Å². The molecule has 0 aliphatic carbocycles. The van der Waals surface area contributed by atoms with Crippen LogP contribution in [0.15, 0.2) is 70.1 Å². The molecule has 1 fully saturated rings. The number of hydrogen-bond acceptors (Lipinski definition) is 3. The van der Waals surface area contributed by atoms with Crippen LogP contribution in [0.25, 0.3) is 11.3 Å². The minimum absolute atomic E-state index is 0.0867. The first-order valence-electron chi connectivity index (χ1n) is 9.32. The first-order chi connectivity index (χ1) is 12.8. The van der Waals surface area contributed by atoms with E-state index in [1.54, 1.807) is 6.26 Å². The molecule has 0 N–H and O–H groups in total. The summed E-state index contributed by atoms with van der Waals surface area (Å²) in [6.45, 7) is 3.88. The van der Waals surface area contributed by atoms with Gasteiger partial charge in [-0.3, -0.25) is 9.69 Å². The topological polar surface area (TPSA) is 38.4 Å². The first-order valence-corrected chi connectivity index (χ1v) is 9.32. The largest absolute Gasteiger partial charge is 0.464 e. The first kappa shape index (κ1) is 15.6. The number of likely N-dealkylation sites (tertiary alicyclic amines) is 1. The molecular formula is C22H22N2O2. The van der Waals surface area contributed by atoms with E-state index in [-0.39, 0.29) is 5.56 Å². The molecule has 2 atom stereocenters. The van der Waals surface area contributed by atoms with E-state index < -0.39 is 0 Å². The van der Waals surface area contributed by atoms with Gasteiger partial charge >= 0.3 is 0 Å². The zero-order valence-electron chi connectivity index (χ0n) is 14.7. The van der Waals surface area contributed by atoms with Crippen LogP contribution in [0.5, 0.6) is 0 Å². The number of pyridine rings is 1.